The van der Waals surface area contributed by atoms with E-state index in [1.54, 1.807) is 12.1 Å². The molecule has 1 aliphatic heterocycles. The maximum atomic E-state index is 13.6. The van der Waals surface area contributed by atoms with Crippen LogP contribution in [0.3, 0.4) is 0 Å². The van der Waals surface area contributed by atoms with Crippen molar-refractivity contribution in [1.82, 2.24) is 10.2 Å². The van der Waals surface area contributed by atoms with Gasteiger partial charge in [0, 0.05) is 42.2 Å². The van der Waals surface area contributed by atoms with Crippen LogP contribution in [0, 0.1) is 11.7 Å². The minimum Gasteiger partial charge on any atom is -0.342 e. The first-order chi connectivity index (χ1) is 10.1. The average molecular weight is 311 g/mol. The number of carbonyl (C=O) groups is 1. The Morgan fingerprint density at radius 1 is 1.29 bits per heavy atom. The second-order valence-electron chi connectivity index (χ2n) is 5.99. The van der Waals surface area contributed by atoms with Crippen LogP contribution in [-0.2, 0) is 11.3 Å². The maximum absolute atomic E-state index is 13.6. The van der Waals surface area contributed by atoms with Crippen LogP contribution in [0.2, 0.25) is 5.02 Å². The lowest BCUT2D eigenvalue weighted by Gasteiger charge is -2.32. The van der Waals surface area contributed by atoms with Crippen molar-refractivity contribution in [3.63, 3.8) is 0 Å². The van der Waals surface area contributed by atoms with Gasteiger partial charge < -0.3 is 10.2 Å². The first-order valence-corrected chi connectivity index (χ1v) is 7.97. The molecule has 1 heterocycles. The van der Waals surface area contributed by atoms with Gasteiger partial charge >= 0.3 is 0 Å². The monoisotopic (exact) mass is 310 g/mol. The Hall–Kier alpha value is -1.13. The summed E-state index contributed by atoms with van der Waals surface area (Å²) in [4.78, 5) is 14.0. The molecule has 2 fully saturated rings. The molecule has 0 atom stereocenters. The quantitative estimate of drug-likeness (QED) is 0.927. The number of benzene rings is 1. The molecular weight excluding hydrogens is 291 g/mol. The largest absolute Gasteiger partial charge is 0.342 e. The van der Waals surface area contributed by atoms with E-state index in [9.17, 15) is 9.18 Å². The number of carbonyl (C=O) groups excluding carboxylic acids is 1. The summed E-state index contributed by atoms with van der Waals surface area (Å²) >= 11 is 5.89. The summed E-state index contributed by atoms with van der Waals surface area (Å²) in [6, 6.07) is 4.96. The molecule has 3 nitrogen and oxygen atoms in total. The first kappa shape index (κ1) is 14.8. The van der Waals surface area contributed by atoms with Crippen molar-refractivity contribution >= 4 is 17.5 Å². The second kappa shape index (κ2) is 6.32. The number of hydrogen-bond acceptors (Lipinski definition) is 2. The predicted octanol–water partition coefficient (Wildman–Crippen LogP) is 2.97. The van der Waals surface area contributed by atoms with E-state index in [0.29, 0.717) is 35.0 Å². The van der Waals surface area contributed by atoms with Crippen LogP contribution >= 0.6 is 11.6 Å². The maximum Gasteiger partial charge on any atom is 0.225 e. The van der Waals surface area contributed by atoms with Gasteiger partial charge in [-0.3, -0.25) is 4.79 Å². The molecule has 1 N–H and O–H groups in total. The summed E-state index contributed by atoms with van der Waals surface area (Å²) in [5.74, 6) is 0.401. The molecule has 0 bridgehead atoms. The highest BCUT2D eigenvalue weighted by Crippen LogP contribution is 2.31. The fraction of sp³-hybridized carbons (Fsp3) is 0.562. The van der Waals surface area contributed by atoms with E-state index >= 15 is 0 Å². The topological polar surface area (TPSA) is 32.3 Å². The van der Waals surface area contributed by atoms with Gasteiger partial charge in [0.25, 0.3) is 0 Å². The van der Waals surface area contributed by atoms with Gasteiger partial charge in [0.1, 0.15) is 5.82 Å². The Bertz CT molecular complexity index is 525. The summed E-state index contributed by atoms with van der Waals surface area (Å²) in [6.07, 6.45) is 3.98. The highest BCUT2D eigenvalue weighted by molar-refractivity contribution is 6.30. The molecule has 3 rings (SSSR count). The van der Waals surface area contributed by atoms with Crippen LogP contribution in [0.4, 0.5) is 4.39 Å². The van der Waals surface area contributed by atoms with E-state index in [2.05, 4.69) is 5.32 Å². The van der Waals surface area contributed by atoms with Crippen LogP contribution in [-0.4, -0.2) is 29.9 Å². The molecule has 21 heavy (non-hydrogen) atoms. The van der Waals surface area contributed by atoms with Gasteiger partial charge in [-0.15, -0.1) is 0 Å². The van der Waals surface area contributed by atoms with Crippen LogP contribution in [0.25, 0.3) is 0 Å². The van der Waals surface area contributed by atoms with Crippen molar-refractivity contribution in [2.24, 2.45) is 5.92 Å². The van der Waals surface area contributed by atoms with Crippen molar-refractivity contribution in [3.05, 3.63) is 34.6 Å². The van der Waals surface area contributed by atoms with E-state index in [0.717, 1.165) is 38.8 Å². The highest BCUT2D eigenvalue weighted by Gasteiger charge is 2.34. The normalized spacial score (nSPS) is 19.8. The molecule has 1 aliphatic carbocycles. The lowest BCUT2D eigenvalue weighted by molar-refractivity contribution is -0.133. The number of nitrogens with zero attached hydrogens (tertiary/aromatic N) is 1. The Balaban J connectivity index is 1.47. The molecular formula is C16H20ClFN2O. The van der Waals surface area contributed by atoms with Gasteiger partial charge in [-0.2, -0.15) is 0 Å². The standard InChI is InChI=1S/C16H20ClFN2O/c17-13-3-4-15(18)12(9-13)10-19-14-5-7-20(8-6-14)16(21)11-1-2-11/h3-4,9,11,14,19H,1-2,5-8,10H2. The number of hydrogen-bond donors (Lipinski definition) is 1. The van der Waals surface area contributed by atoms with Gasteiger partial charge in [0.2, 0.25) is 5.91 Å². The third-order valence-corrected chi connectivity index (χ3v) is 4.56. The molecule has 0 spiro atoms. The number of likely N-dealkylation sites (tertiary alicyclic amines) is 1. The number of piperidine rings is 1. The molecule has 1 aromatic carbocycles. The van der Waals surface area contributed by atoms with Gasteiger partial charge in [-0.25, -0.2) is 4.39 Å². The van der Waals surface area contributed by atoms with Gasteiger partial charge in [-0.05, 0) is 43.9 Å². The van der Waals surface area contributed by atoms with Crippen molar-refractivity contribution in [3.8, 4) is 0 Å². The summed E-state index contributed by atoms with van der Waals surface area (Å²) in [6.45, 7) is 2.10. The number of rotatable bonds is 4. The van der Waals surface area contributed by atoms with Crippen LogP contribution < -0.4 is 5.32 Å². The number of halogens is 2. The fourth-order valence-corrected chi connectivity index (χ4v) is 3.02. The Morgan fingerprint density at radius 2 is 2.00 bits per heavy atom. The average Bonchev–Trinajstić information content (AvgIpc) is 3.33. The van der Waals surface area contributed by atoms with Crippen molar-refractivity contribution < 1.29 is 9.18 Å². The third-order valence-electron chi connectivity index (χ3n) is 4.32. The summed E-state index contributed by atoms with van der Waals surface area (Å²) < 4.78 is 13.6. The lowest BCUT2D eigenvalue weighted by atomic mass is 10.0. The van der Waals surface area contributed by atoms with E-state index in [1.807, 2.05) is 4.90 Å². The number of amides is 1. The Labute approximate surface area is 129 Å². The lowest BCUT2D eigenvalue weighted by Crippen LogP contribution is -2.45. The van der Waals surface area contributed by atoms with Crippen molar-refractivity contribution in [2.45, 2.75) is 38.3 Å². The van der Waals surface area contributed by atoms with Crippen LogP contribution in [0.1, 0.15) is 31.2 Å². The van der Waals surface area contributed by atoms with E-state index in [1.165, 1.54) is 6.07 Å². The Kier molecular flexibility index (Phi) is 4.45. The van der Waals surface area contributed by atoms with Crippen molar-refractivity contribution in [2.75, 3.05) is 13.1 Å². The summed E-state index contributed by atoms with van der Waals surface area (Å²) in [5.41, 5.74) is 0.596. The van der Waals surface area contributed by atoms with Crippen molar-refractivity contribution in [1.29, 1.82) is 0 Å². The van der Waals surface area contributed by atoms with Crippen LogP contribution in [0.15, 0.2) is 18.2 Å². The van der Waals surface area contributed by atoms with E-state index in [4.69, 9.17) is 11.6 Å². The first-order valence-electron chi connectivity index (χ1n) is 7.59. The van der Waals surface area contributed by atoms with Gasteiger partial charge in [-0.1, -0.05) is 11.6 Å². The molecule has 1 aromatic rings. The summed E-state index contributed by atoms with van der Waals surface area (Å²) in [5, 5.41) is 3.93. The molecule has 0 unspecified atom stereocenters. The molecule has 5 heteroatoms. The molecule has 1 saturated heterocycles. The minimum atomic E-state index is -0.228. The van der Waals surface area contributed by atoms with Crippen LogP contribution in [0.5, 0.6) is 0 Å². The fourth-order valence-electron chi connectivity index (χ4n) is 2.83. The molecule has 2 aliphatic rings. The molecule has 0 radical (unpaired) electrons. The van der Waals surface area contributed by atoms with Gasteiger partial charge in [0.05, 0.1) is 0 Å². The van der Waals surface area contributed by atoms with Gasteiger partial charge in [0.15, 0.2) is 0 Å². The molecule has 1 amide bonds. The minimum absolute atomic E-state index is 0.228. The van der Waals surface area contributed by atoms with E-state index < -0.39 is 0 Å². The number of nitrogens with one attached hydrogen (secondary N) is 1. The predicted molar refractivity (Wildman–Crippen MR) is 80.6 cm³/mol. The third kappa shape index (κ3) is 3.74. The zero-order chi connectivity index (χ0) is 14.8. The Morgan fingerprint density at radius 3 is 2.67 bits per heavy atom. The summed E-state index contributed by atoms with van der Waals surface area (Å²) in [7, 11) is 0. The smallest absolute Gasteiger partial charge is 0.225 e. The zero-order valence-electron chi connectivity index (χ0n) is 11.9. The molecule has 114 valence electrons. The zero-order valence-corrected chi connectivity index (χ0v) is 12.7. The molecule has 0 aromatic heterocycles. The highest BCUT2D eigenvalue weighted by atomic mass is 35.5. The molecule has 1 saturated carbocycles. The SMILES string of the molecule is O=C(C1CC1)N1CCC(NCc2cc(Cl)ccc2F)CC1. The van der Waals surface area contributed by atoms with E-state index in [-0.39, 0.29) is 5.82 Å². The second-order valence-corrected chi connectivity index (χ2v) is 6.43.